The molecule has 0 aromatic heterocycles. The van der Waals surface area contributed by atoms with Gasteiger partial charge in [-0.3, -0.25) is 4.79 Å². The second-order valence-corrected chi connectivity index (χ2v) is 5.08. The van der Waals surface area contributed by atoms with Crippen LogP contribution in [0.15, 0.2) is 24.3 Å². The summed E-state index contributed by atoms with van der Waals surface area (Å²) in [5, 5.41) is 9.64. The Morgan fingerprint density at radius 2 is 2.19 bits per heavy atom. The summed E-state index contributed by atoms with van der Waals surface area (Å²) >= 11 is 0. The van der Waals surface area contributed by atoms with Crippen molar-refractivity contribution in [2.24, 2.45) is 0 Å². The molecular weight excluding hydrogens is 274 g/mol. The molecule has 114 valence electrons. The molecule has 0 bridgehead atoms. The summed E-state index contributed by atoms with van der Waals surface area (Å²) in [6, 6.07) is 6.62. The van der Waals surface area contributed by atoms with E-state index in [9.17, 15) is 14.7 Å². The fourth-order valence-electron chi connectivity index (χ4n) is 2.38. The highest BCUT2D eigenvalue weighted by molar-refractivity contribution is 5.86. The molecule has 6 heteroatoms. The molecule has 2 atom stereocenters. The average Bonchev–Trinajstić information content (AvgIpc) is 2.86. The molecule has 1 aliphatic heterocycles. The minimum atomic E-state index is -0.737. The van der Waals surface area contributed by atoms with E-state index in [2.05, 4.69) is 4.74 Å². The lowest BCUT2D eigenvalue weighted by molar-refractivity contribution is -0.151. The summed E-state index contributed by atoms with van der Waals surface area (Å²) in [6.07, 6.45) is -0.514. The van der Waals surface area contributed by atoms with Crippen molar-refractivity contribution in [2.45, 2.75) is 25.5 Å². The van der Waals surface area contributed by atoms with Crippen molar-refractivity contribution >= 4 is 11.9 Å². The highest BCUT2D eigenvalue weighted by atomic mass is 16.5. The van der Waals surface area contributed by atoms with E-state index < -0.39 is 18.1 Å². The smallest absolute Gasteiger partial charge is 0.328 e. The van der Waals surface area contributed by atoms with Gasteiger partial charge in [-0.25, -0.2) is 4.79 Å². The molecule has 1 aliphatic rings. The number of carbonyl (C=O) groups excluding carboxylic acids is 2. The Morgan fingerprint density at radius 3 is 2.86 bits per heavy atom. The molecule has 1 aromatic rings. The number of aliphatic hydroxyl groups is 1. The highest BCUT2D eigenvalue weighted by Crippen LogP contribution is 2.20. The zero-order valence-corrected chi connectivity index (χ0v) is 12.1. The molecular formula is C15H19NO5. The predicted molar refractivity (Wildman–Crippen MR) is 74.8 cm³/mol. The number of aryl methyl sites for hydroxylation is 1. The number of amides is 1. The molecule has 2 rings (SSSR count). The molecule has 1 N–H and O–H groups in total. The van der Waals surface area contributed by atoms with E-state index in [1.807, 2.05) is 25.1 Å². The van der Waals surface area contributed by atoms with Crippen molar-refractivity contribution in [3.05, 3.63) is 29.8 Å². The van der Waals surface area contributed by atoms with Crippen LogP contribution in [0.1, 0.15) is 12.0 Å². The summed E-state index contributed by atoms with van der Waals surface area (Å²) in [5.74, 6) is -0.267. The Balaban J connectivity index is 1.97. The van der Waals surface area contributed by atoms with Crippen molar-refractivity contribution in [2.75, 3.05) is 20.3 Å². The van der Waals surface area contributed by atoms with Crippen molar-refractivity contribution < 1.29 is 24.2 Å². The lowest BCUT2D eigenvalue weighted by atomic mass is 10.2. The first kappa shape index (κ1) is 15.3. The molecule has 1 aromatic carbocycles. The van der Waals surface area contributed by atoms with E-state index in [0.717, 1.165) is 5.56 Å². The number of carbonyl (C=O) groups is 2. The molecule has 0 radical (unpaired) electrons. The Bertz CT molecular complexity index is 531. The number of β-amino-alcohol motifs (C(OH)–C–C–N with tert-alkyl or cyclic N) is 1. The number of benzene rings is 1. The maximum absolute atomic E-state index is 12.2. The molecule has 0 saturated carbocycles. The number of hydrogen-bond donors (Lipinski definition) is 1. The summed E-state index contributed by atoms with van der Waals surface area (Å²) in [5.41, 5.74) is 1.03. The number of hydrogen-bond acceptors (Lipinski definition) is 5. The first-order chi connectivity index (χ1) is 10.0. The predicted octanol–water partition coefficient (Wildman–Crippen LogP) is 0.509. The Labute approximate surface area is 123 Å². The summed E-state index contributed by atoms with van der Waals surface area (Å²) in [7, 11) is 1.26. The minimum absolute atomic E-state index is 0.121. The topological polar surface area (TPSA) is 76.1 Å². The van der Waals surface area contributed by atoms with Crippen LogP contribution in [0.3, 0.4) is 0 Å². The van der Waals surface area contributed by atoms with E-state index in [-0.39, 0.29) is 25.5 Å². The van der Waals surface area contributed by atoms with Crippen molar-refractivity contribution in [1.29, 1.82) is 0 Å². The zero-order valence-electron chi connectivity index (χ0n) is 12.1. The molecule has 0 spiro atoms. The van der Waals surface area contributed by atoms with Gasteiger partial charge >= 0.3 is 5.97 Å². The molecule has 0 aliphatic carbocycles. The Hall–Kier alpha value is -2.08. The van der Waals surface area contributed by atoms with Crippen LogP contribution in [-0.4, -0.2) is 54.3 Å². The van der Waals surface area contributed by atoms with Gasteiger partial charge in [-0.2, -0.15) is 0 Å². The summed E-state index contributed by atoms with van der Waals surface area (Å²) in [4.78, 5) is 25.1. The van der Waals surface area contributed by atoms with Crippen LogP contribution in [-0.2, 0) is 14.3 Å². The van der Waals surface area contributed by atoms with Gasteiger partial charge in [-0.1, -0.05) is 12.1 Å². The maximum atomic E-state index is 12.2. The fraction of sp³-hybridized carbons (Fsp3) is 0.467. The fourth-order valence-corrected chi connectivity index (χ4v) is 2.38. The third kappa shape index (κ3) is 3.72. The van der Waals surface area contributed by atoms with Crippen LogP contribution in [0, 0.1) is 6.92 Å². The molecule has 1 fully saturated rings. The molecule has 1 heterocycles. The van der Waals surface area contributed by atoms with Crippen molar-refractivity contribution in [1.82, 2.24) is 4.90 Å². The SMILES string of the molecule is COC(=O)C1CC(O)CN1C(=O)COc1cccc(C)c1. The number of likely N-dealkylation sites (tertiary alicyclic amines) is 1. The minimum Gasteiger partial charge on any atom is -0.484 e. The van der Waals surface area contributed by atoms with Gasteiger partial charge in [0.1, 0.15) is 11.8 Å². The van der Waals surface area contributed by atoms with E-state index in [0.29, 0.717) is 5.75 Å². The summed E-state index contributed by atoms with van der Waals surface area (Å²) in [6.45, 7) is 1.87. The number of aliphatic hydroxyl groups excluding tert-OH is 1. The van der Waals surface area contributed by atoms with Gasteiger partial charge in [0.25, 0.3) is 5.91 Å². The highest BCUT2D eigenvalue weighted by Gasteiger charge is 2.39. The first-order valence-corrected chi connectivity index (χ1v) is 6.76. The quantitative estimate of drug-likeness (QED) is 0.819. The Kier molecular flexibility index (Phi) is 4.80. The van der Waals surface area contributed by atoms with Crippen LogP contribution < -0.4 is 4.74 Å². The molecule has 1 saturated heterocycles. The lowest BCUT2D eigenvalue weighted by Gasteiger charge is -2.22. The van der Waals surface area contributed by atoms with Crippen molar-refractivity contribution in [3.8, 4) is 5.75 Å². The molecule has 1 amide bonds. The van der Waals surface area contributed by atoms with E-state index >= 15 is 0 Å². The van der Waals surface area contributed by atoms with Gasteiger partial charge in [-0.05, 0) is 24.6 Å². The lowest BCUT2D eigenvalue weighted by Crippen LogP contribution is -2.43. The second kappa shape index (κ2) is 6.58. The normalized spacial score (nSPS) is 21.2. The number of esters is 1. The monoisotopic (exact) mass is 293 g/mol. The third-order valence-corrected chi connectivity index (χ3v) is 3.42. The standard InChI is InChI=1S/C15H19NO5/c1-10-4-3-5-12(6-10)21-9-14(18)16-8-11(17)7-13(16)15(19)20-2/h3-6,11,13,17H,7-9H2,1-2H3. The van der Waals surface area contributed by atoms with Crippen LogP contribution in [0.2, 0.25) is 0 Å². The maximum Gasteiger partial charge on any atom is 0.328 e. The second-order valence-electron chi connectivity index (χ2n) is 5.08. The van der Waals surface area contributed by atoms with E-state index in [1.165, 1.54) is 12.0 Å². The van der Waals surface area contributed by atoms with Crippen LogP contribution >= 0.6 is 0 Å². The van der Waals surface area contributed by atoms with Gasteiger partial charge in [-0.15, -0.1) is 0 Å². The largest absolute Gasteiger partial charge is 0.484 e. The first-order valence-electron chi connectivity index (χ1n) is 6.76. The van der Waals surface area contributed by atoms with E-state index in [1.54, 1.807) is 6.07 Å². The molecule has 21 heavy (non-hydrogen) atoms. The Morgan fingerprint density at radius 1 is 1.43 bits per heavy atom. The number of rotatable bonds is 4. The van der Waals surface area contributed by atoms with Gasteiger partial charge in [0.15, 0.2) is 6.61 Å². The number of ether oxygens (including phenoxy) is 2. The van der Waals surface area contributed by atoms with E-state index in [4.69, 9.17) is 4.74 Å². The van der Waals surface area contributed by atoms with Crippen molar-refractivity contribution in [3.63, 3.8) is 0 Å². The van der Waals surface area contributed by atoms with Gasteiger partial charge in [0.05, 0.1) is 13.2 Å². The molecule has 6 nitrogen and oxygen atoms in total. The van der Waals surface area contributed by atoms with Gasteiger partial charge < -0.3 is 19.5 Å². The van der Waals surface area contributed by atoms with Gasteiger partial charge in [0, 0.05) is 13.0 Å². The molecule has 2 unspecified atom stereocenters. The number of methoxy groups -OCH3 is 1. The zero-order chi connectivity index (χ0) is 15.4. The number of nitrogens with zero attached hydrogens (tertiary/aromatic N) is 1. The van der Waals surface area contributed by atoms with Crippen LogP contribution in [0.5, 0.6) is 5.75 Å². The third-order valence-electron chi connectivity index (χ3n) is 3.42. The van der Waals surface area contributed by atoms with Gasteiger partial charge in [0.2, 0.25) is 0 Å². The average molecular weight is 293 g/mol. The van der Waals surface area contributed by atoms with Crippen LogP contribution in [0.4, 0.5) is 0 Å². The van der Waals surface area contributed by atoms with Crippen LogP contribution in [0.25, 0.3) is 0 Å². The summed E-state index contributed by atoms with van der Waals surface area (Å²) < 4.78 is 10.1.